The number of benzene rings is 1. The van der Waals surface area contributed by atoms with Crippen LogP contribution in [0.4, 0.5) is 17.3 Å². The second kappa shape index (κ2) is 6.74. The van der Waals surface area contributed by atoms with Crippen molar-refractivity contribution in [1.82, 2.24) is 0 Å². The van der Waals surface area contributed by atoms with Gasteiger partial charge in [-0.3, -0.25) is 0 Å². The zero-order valence-corrected chi connectivity index (χ0v) is 13.3. The van der Waals surface area contributed by atoms with Gasteiger partial charge in [0, 0.05) is 6.07 Å². The number of halogens is 4. The molecular formula is C11H12BF4KO. The van der Waals surface area contributed by atoms with E-state index in [1.54, 1.807) is 0 Å². The Balaban J connectivity index is 0.00000162. The number of rotatable bonds is 5. The van der Waals surface area contributed by atoms with Gasteiger partial charge in [-0.15, -0.1) is 0 Å². The first-order valence-corrected chi connectivity index (χ1v) is 5.59. The van der Waals surface area contributed by atoms with Crippen molar-refractivity contribution in [3.63, 3.8) is 0 Å². The van der Waals surface area contributed by atoms with Crippen LogP contribution in [0.2, 0.25) is 0 Å². The third kappa shape index (κ3) is 4.85. The third-order valence-electron chi connectivity index (χ3n) is 2.81. The molecule has 1 saturated carbocycles. The first kappa shape index (κ1) is 16.5. The Morgan fingerprint density at radius 3 is 2.44 bits per heavy atom. The van der Waals surface area contributed by atoms with Crippen LogP contribution in [-0.4, -0.2) is 13.6 Å². The average molecular weight is 286 g/mol. The fourth-order valence-corrected chi connectivity index (χ4v) is 1.65. The Hall–Kier alpha value is 0.441. The quantitative estimate of drug-likeness (QED) is 0.549. The molecule has 0 unspecified atom stereocenters. The van der Waals surface area contributed by atoms with Gasteiger partial charge in [-0.25, -0.2) is 4.39 Å². The van der Waals surface area contributed by atoms with Gasteiger partial charge in [0.05, 0.1) is 12.4 Å². The molecule has 0 aromatic heterocycles. The number of hydrogen-bond acceptors (Lipinski definition) is 1. The molecule has 0 N–H and O–H groups in total. The van der Waals surface area contributed by atoms with Crippen molar-refractivity contribution in [2.45, 2.75) is 19.3 Å². The maximum atomic E-state index is 12.9. The number of ether oxygens (including phenoxy) is 1. The molecular weight excluding hydrogens is 274 g/mol. The van der Waals surface area contributed by atoms with Crippen molar-refractivity contribution in [2.24, 2.45) is 5.92 Å². The molecule has 1 aromatic carbocycles. The van der Waals surface area contributed by atoms with Crippen molar-refractivity contribution in [3.8, 4) is 5.75 Å². The maximum Gasteiger partial charge on any atom is 1.00 e. The minimum atomic E-state index is -5.16. The van der Waals surface area contributed by atoms with E-state index in [0.717, 1.165) is 37.5 Å². The Kier molecular flexibility index (Phi) is 6.18. The Bertz CT molecular complexity index is 407. The van der Waals surface area contributed by atoms with Crippen molar-refractivity contribution in [2.75, 3.05) is 6.61 Å². The summed E-state index contributed by atoms with van der Waals surface area (Å²) in [5, 5.41) is 0. The fraction of sp³-hybridized carbons (Fsp3) is 0.455. The smallest absolute Gasteiger partial charge is 0.496 e. The molecule has 2 rings (SSSR count). The molecule has 0 saturated heterocycles. The first-order chi connectivity index (χ1) is 7.97. The van der Waals surface area contributed by atoms with E-state index in [2.05, 4.69) is 0 Å². The Morgan fingerprint density at radius 2 is 1.89 bits per heavy atom. The second-order valence-electron chi connectivity index (χ2n) is 4.34. The molecule has 7 heteroatoms. The van der Waals surface area contributed by atoms with E-state index in [9.17, 15) is 17.3 Å². The topological polar surface area (TPSA) is 9.23 Å². The van der Waals surface area contributed by atoms with Crippen LogP contribution < -0.4 is 61.6 Å². The predicted octanol–water partition coefficient (Wildman–Crippen LogP) is 0.0630. The van der Waals surface area contributed by atoms with Crippen molar-refractivity contribution in [1.29, 1.82) is 0 Å². The molecule has 0 spiro atoms. The van der Waals surface area contributed by atoms with E-state index < -0.39 is 24.0 Å². The molecule has 1 aliphatic carbocycles. The SMILES string of the molecule is Fc1ccc([B-](F)(F)F)c(OCCC2CC2)c1.[K+]. The summed E-state index contributed by atoms with van der Waals surface area (Å²) in [6.45, 7) is -4.94. The Morgan fingerprint density at radius 1 is 1.22 bits per heavy atom. The van der Waals surface area contributed by atoms with Gasteiger partial charge in [0.25, 0.3) is 0 Å². The molecule has 1 nitrogen and oxygen atoms in total. The van der Waals surface area contributed by atoms with Gasteiger partial charge >= 0.3 is 58.4 Å². The van der Waals surface area contributed by atoms with Crippen LogP contribution in [0.5, 0.6) is 5.75 Å². The molecule has 0 bridgehead atoms. The van der Waals surface area contributed by atoms with Crippen molar-refractivity contribution in [3.05, 3.63) is 24.0 Å². The van der Waals surface area contributed by atoms with Gasteiger partial charge in [0.2, 0.25) is 0 Å². The summed E-state index contributed by atoms with van der Waals surface area (Å²) in [5.74, 6) is -0.531. The molecule has 0 heterocycles. The Labute approximate surface area is 146 Å². The summed E-state index contributed by atoms with van der Waals surface area (Å²) in [6, 6.07) is 2.34. The van der Waals surface area contributed by atoms with Gasteiger partial charge in [0.15, 0.2) is 0 Å². The monoisotopic (exact) mass is 286 g/mol. The molecule has 0 atom stereocenters. The predicted molar refractivity (Wildman–Crippen MR) is 57.9 cm³/mol. The van der Waals surface area contributed by atoms with Crippen LogP contribution >= 0.6 is 0 Å². The van der Waals surface area contributed by atoms with Crippen LogP contribution in [0.15, 0.2) is 18.2 Å². The molecule has 18 heavy (non-hydrogen) atoms. The zero-order valence-electron chi connectivity index (χ0n) is 10.1. The van der Waals surface area contributed by atoms with Crippen molar-refractivity contribution < 1.29 is 73.5 Å². The summed E-state index contributed by atoms with van der Waals surface area (Å²) in [7, 11) is 0. The van der Waals surface area contributed by atoms with E-state index in [0.29, 0.717) is 5.92 Å². The zero-order chi connectivity index (χ0) is 12.5. The van der Waals surface area contributed by atoms with Gasteiger partial charge in [-0.1, -0.05) is 24.4 Å². The molecule has 94 valence electrons. The largest absolute Gasteiger partial charge is 1.00 e. The molecule has 1 fully saturated rings. The summed E-state index contributed by atoms with van der Waals surface area (Å²) in [6.07, 6.45) is 2.96. The van der Waals surface area contributed by atoms with E-state index >= 15 is 0 Å². The van der Waals surface area contributed by atoms with Crippen LogP contribution in [0.1, 0.15) is 19.3 Å². The molecule has 1 aliphatic rings. The summed E-state index contributed by atoms with van der Waals surface area (Å²) >= 11 is 0. The van der Waals surface area contributed by atoms with E-state index in [-0.39, 0.29) is 58.0 Å². The average Bonchev–Trinajstić information content (AvgIpc) is 2.99. The standard InChI is InChI=1S/C11H12BF4O.K/c13-9-3-4-10(12(14,15)16)11(7-9)17-6-5-8-1-2-8;/h3-4,7-8H,1-2,5-6H2;/q-1;+1. The molecule has 0 radical (unpaired) electrons. The first-order valence-electron chi connectivity index (χ1n) is 5.59. The van der Waals surface area contributed by atoms with Crippen LogP contribution in [0.3, 0.4) is 0 Å². The fourth-order valence-electron chi connectivity index (χ4n) is 1.65. The summed E-state index contributed by atoms with van der Waals surface area (Å²) in [4.78, 5) is 0. The van der Waals surface area contributed by atoms with Crippen LogP contribution in [0.25, 0.3) is 0 Å². The second-order valence-corrected chi connectivity index (χ2v) is 4.34. The van der Waals surface area contributed by atoms with Gasteiger partial charge in [-0.2, -0.15) is 0 Å². The van der Waals surface area contributed by atoms with Crippen LogP contribution in [0, 0.1) is 11.7 Å². The van der Waals surface area contributed by atoms with Crippen molar-refractivity contribution >= 4 is 12.4 Å². The molecule has 1 aromatic rings. The van der Waals surface area contributed by atoms with Crippen LogP contribution in [-0.2, 0) is 0 Å². The molecule has 0 aliphatic heterocycles. The van der Waals surface area contributed by atoms with Gasteiger partial charge < -0.3 is 17.7 Å². The third-order valence-corrected chi connectivity index (χ3v) is 2.81. The maximum absolute atomic E-state index is 12.9. The van der Waals surface area contributed by atoms with Gasteiger partial charge in [0.1, 0.15) is 5.82 Å². The summed E-state index contributed by atoms with van der Waals surface area (Å²) < 4.78 is 55.9. The van der Waals surface area contributed by atoms with E-state index in [4.69, 9.17) is 4.74 Å². The van der Waals surface area contributed by atoms with Gasteiger partial charge in [-0.05, 0) is 18.4 Å². The van der Waals surface area contributed by atoms with E-state index in [1.807, 2.05) is 0 Å². The minimum absolute atomic E-state index is 0. The van der Waals surface area contributed by atoms with E-state index in [1.165, 1.54) is 0 Å². The minimum Gasteiger partial charge on any atom is -0.496 e. The number of hydrogen-bond donors (Lipinski definition) is 0. The summed E-state index contributed by atoms with van der Waals surface area (Å²) in [5.41, 5.74) is -0.859. The normalized spacial score (nSPS) is 15.1. The molecule has 0 amide bonds.